The van der Waals surface area contributed by atoms with Gasteiger partial charge in [-0.25, -0.2) is 20.4 Å². The summed E-state index contributed by atoms with van der Waals surface area (Å²) in [6, 6.07) is 5.54. The summed E-state index contributed by atoms with van der Waals surface area (Å²) in [5.74, 6) is 1.27. The van der Waals surface area contributed by atoms with E-state index in [1.807, 2.05) is 12.1 Å². The lowest BCUT2D eigenvalue weighted by molar-refractivity contribution is 0.763. The van der Waals surface area contributed by atoms with E-state index in [1.165, 1.54) is 22.2 Å². The van der Waals surface area contributed by atoms with Crippen LogP contribution < -0.4 is 21.9 Å². The van der Waals surface area contributed by atoms with Gasteiger partial charge in [0.15, 0.2) is 11.6 Å². The first-order valence-corrected chi connectivity index (χ1v) is 6.14. The van der Waals surface area contributed by atoms with Crippen LogP contribution in [0.4, 0.5) is 11.6 Å². The van der Waals surface area contributed by atoms with Crippen LogP contribution >= 0.6 is 0 Å². The summed E-state index contributed by atoms with van der Waals surface area (Å²) in [7, 11) is 0. The van der Waals surface area contributed by atoms with E-state index < -0.39 is 0 Å². The molecule has 0 fully saturated rings. The number of hydrogen-bond donors (Lipinski definition) is 3. The number of aromatic nitrogens is 4. The second-order valence-corrected chi connectivity index (χ2v) is 4.35. The monoisotopic (exact) mass is 294 g/mol. The molecule has 2 aromatic rings. The number of nitrogens with zero attached hydrogens (tertiary/aromatic N) is 7. The molecular weight excluding hydrogens is 284 g/mol. The van der Waals surface area contributed by atoms with Gasteiger partial charge < -0.3 is 11.5 Å². The van der Waals surface area contributed by atoms with Gasteiger partial charge in [-0.05, 0) is 0 Å². The summed E-state index contributed by atoms with van der Waals surface area (Å²) in [5.41, 5.74) is 15.3. The Labute approximate surface area is 124 Å². The van der Waals surface area contributed by atoms with E-state index in [9.17, 15) is 0 Å². The molecule has 10 heteroatoms. The highest BCUT2D eigenvalue weighted by molar-refractivity contribution is 5.56. The number of nitrogens with two attached hydrogens (primary N) is 2. The lowest BCUT2D eigenvalue weighted by Crippen LogP contribution is -2.35. The number of hydrazine groups is 1. The Bertz CT molecular complexity index is 850. The van der Waals surface area contributed by atoms with Gasteiger partial charge in [0.25, 0.3) is 0 Å². The number of hydrogen-bond acceptors (Lipinski definition) is 9. The van der Waals surface area contributed by atoms with Crippen molar-refractivity contribution in [3.63, 3.8) is 0 Å². The molecule has 0 saturated carbocycles. The molecule has 2 aromatic heterocycles. The van der Waals surface area contributed by atoms with Gasteiger partial charge in [0.05, 0.1) is 24.4 Å². The largest absolute Gasteiger partial charge is 0.383 e. The van der Waals surface area contributed by atoms with Gasteiger partial charge in [0.1, 0.15) is 29.6 Å². The van der Waals surface area contributed by atoms with Gasteiger partial charge in [0.2, 0.25) is 0 Å². The highest BCUT2D eigenvalue weighted by atomic mass is 15.6. The second-order valence-electron chi connectivity index (χ2n) is 4.35. The molecule has 3 heterocycles. The Morgan fingerprint density at radius 1 is 1.18 bits per heavy atom. The first kappa shape index (κ1) is 13.4. The van der Waals surface area contributed by atoms with Crippen molar-refractivity contribution >= 4 is 11.6 Å². The molecule has 1 aliphatic rings. The Hall–Kier alpha value is -3.63. The maximum absolute atomic E-state index is 8.95. The molecule has 0 unspecified atom stereocenters. The van der Waals surface area contributed by atoms with Crippen molar-refractivity contribution in [2.75, 3.05) is 17.3 Å². The Morgan fingerprint density at radius 3 is 2.59 bits per heavy atom. The molecule has 1 aliphatic heterocycles. The van der Waals surface area contributed by atoms with Crippen molar-refractivity contribution in [1.82, 2.24) is 25.2 Å². The molecular formula is C12H10N10. The van der Waals surface area contributed by atoms with Crippen LogP contribution in [0.2, 0.25) is 0 Å². The van der Waals surface area contributed by atoms with Crippen molar-refractivity contribution < 1.29 is 0 Å². The zero-order chi connectivity index (χ0) is 15.7. The lowest BCUT2D eigenvalue weighted by Gasteiger charge is -2.18. The second kappa shape index (κ2) is 5.05. The highest BCUT2D eigenvalue weighted by Crippen LogP contribution is 2.21. The minimum atomic E-state index is 0.183. The third kappa shape index (κ3) is 1.96. The summed E-state index contributed by atoms with van der Waals surface area (Å²) in [6.07, 6.45) is 2.67. The zero-order valence-corrected chi connectivity index (χ0v) is 11.2. The molecule has 10 nitrogen and oxygen atoms in total. The fraction of sp³-hybridized carbons (Fsp3) is 0.0833. The fourth-order valence-electron chi connectivity index (χ4n) is 1.97. The van der Waals surface area contributed by atoms with Crippen LogP contribution in [0.25, 0.3) is 5.82 Å². The van der Waals surface area contributed by atoms with E-state index in [2.05, 4.69) is 20.5 Å². The molecule has 0 spiro atoms. The van der Waals surface area contributed by atoms with Crippen molar-refractivity contribution in [3.05, 3.63) is 35.5 Å². The predicted octanol–water partition coefficient (Wildman–Crippen LogP) is -0.865. The summed E-state index contributed by atoms with van der Waals surface area (Å²) in [4.78, 5) is 8.18. The average Bonchev–Trinajstić information content (AvgIpc) is 3.10. The van der Waals surface area contributed by atoms with Gasteiger partial charge in [-0.3, -0.25) is 0 Å². The maximum Gasteiger partial charge on any atom is 0.161 e. The van der Waals surface area contributed by atoms with Gasteiger partial charge in [-0.2, -0.15) is 20.3 Å². The predicted molar refractivity (Wildman–Crippen MR) is 75.6 cm³/mol. The molecule has 3 rings (SSSR count). The first-order chi connectivity index (χ1) is 10.7. The lowest BCUT2D eigenvalue weighted by atomic mass is 10.3. The van der Waals surface area contributed by atoms with Crippen LogP contribution in [-0.4, -0.2) is 26.3 Å². The van der Waals surface area contributed by atoms with E-state index >= 15 is 0 Å². The fourth-order valence-corrected chi connectivity index (χ4v) is 1.97. The van der Waals surface area contributed by atoms with Crippen LogP contribution in [0.15, 0.2) is 30.0 Å². The molecule has 5 N–H and O–H groups in total. The van der Waals surface area contributed by atoms with Crippen LogP contribution in [0.3, 0.4) is 0 Å². The third-order valence-electron chi connectivity index (χ3n) is 3.11. The quantitative estimate of drug-likeness (QED) is 0.640. The van der Waals surface area contributed by atoms with Gasteiger partial charge in [-0.15, -0.1) is 0 Å². The Balaban J connectivity index is 2.01. The highest BCUT2D eigenvalue weighted by Gasteiger charge is 2.23. The van der Waals surface area contributed by atoms with Crippen LogP contribution in [0.5, 0.6) is 0 Å². The van der Waals surface area contributed by atoms with Crippen molar-refractivity contribution in [3.8, 4) is 18.0 Å². The van der Waals surface area contributed by atoms with Crippen LogP contribution in [0.1, 0.15) is 5.56 Å². The third-order valence-corrected chi connectivity index (χ3v) is 3.11. The summed E-state index contributed by atoms with van der Waals surface area (Å²) < 4.78 is 1.32. The molecule has 108 valence electrons. The van der Waals surface area contributed by atoms with E-state index in [-0.39, 0.29) is 17.2 Å². The average molecular weight is 294 g/mol. The SMILES string of the molecule is N#CC1=C(N)N(c2cc(-n3ncc(C#N)c3N)ncn2)NC1. The minimum absolute atomic E-state index is 0.183. The molecule has 0 bridgehead atoms. The number of anilines is 2. The molecule has 0 aliphatic carbocycles. The van der Waals surface area contributed by atoms with Crippen LogP contribution in [0, 0.1) is 22.7 Å². The summed E-state index contributed by atoms with van der Waals surface area (Å²) in [6.45, 7) is 0.324. The molecule has 0 atom stereocenters. The number of nitrogen functional groups attached to an aromatic ring is 1. The first-order valence-electron chi connectivity index (χ1n) is 6.14. The van der Waals surface area contributed by atoms with Crippen molar-refractivity contribution in [2.45, 2.75) is 0 Å². The normalized spacial score (nSPS) is 14.0. The zero-order valence-electron chi connectivity index (χ0n) is 11.2. The molecule has 22 heavy (non-hydrogen) atoms. The van der Waals surface area contributed by atoms with Crippen LogP contribution in [-0.2, 0) is 0 Å². The Morgan fingerprint density at radius 2 is 1.95 bits per heavy atom. The topological polar surface area (TPSA) is 158 Å². The molecule has 0 aromatic carbocycles. The van der Waals surface area contributed by atoms with Gasteiger partial charge >= 0.3 is 0 Å². The smallest absolute Gasteiger partial charge is 0.161 e. The standard InChI is InChI=1S/C12H10N10/c13-2-7-4-19-21(11(7)15)9-1-10(18-6-17-9)22-12(16)8(3-14)5-20-22/h1,4,6,20H,5,15-16H2. The summed E-state index contributed by atoms with van der Waals surface area (Å²) in [5, 5.41) is 23.4. The number of nitriles is 2. The van der Waals surface area contributed by atoms with Crippen molar-refractivity contribution in [1.29, 1.82) is 10.5 Å². The van der Waals surface area contributed by atoms with Gasteiger partial charge in [-0.1, -0.05) is 0 Å². The summed E-state index contributed by atoms with van der Waals surface area (Å²) >= 11 is 0. The van der Waals surface area contributed by atoms with E-state index in [4.69, 9.17) is 22.0 Å². The number of nitrogens with one attached hydrogen (secondary N) is 1. The number of rotatable bonds is 2. The Kier molecular flexibility index (Phi) is 3.06. The van der Waals surface area contributed by atoms with Crippen molar-refractivity contribution in [2.24, 2.45) is 5.73 Å². The molecule has 0 saturated heterocycles. The minimum Gasteiger partial charge on any atom is -0.383 e. The van der Waals surface area contributed by atoms with E-state index in [0.717, 1.165) is 0 Å². The van der Waals surface area contributed by atoms with E-state index in [0.29, 0.717) is 23.8 Å². The van der Waals surface area contributed by atoms with E-state index in [1.54, 1.807) is 6.07 Å². The molecule has 0 radical (unpaired) electrons. The van der Waals surface area contributed by atoms with Gasteiger partial charge in [0, 0.05) is 6.07 Å². The molecule has 0 amide bonds. The maximum atomic E-state index is 8.95.